The zero-order valence-electron chi connectivity index (χ0n) is 25.8. The Kier molecular flexibility index (Phi) is 7.86. The van der Waals surface area contributed by atoms with Crippen LogP contribution in [-0.2, 0) is 20.2 Å². The summed E-state index contributed by atoms with van der Waals surface area (Å²) in [6.07, 6.45) is 3.87. The van der Waals surface area contributed by atoms with Crippen LogP contribution in [0, 0.1) is 10.4 Å². The minimum atomic E-state index is -5.46. The van der Waals surface area contributed by atoms with Gasteiger partial charge in [-0.15, -0.1) is 0 Å². The predicted molar refractivity (Wildman–Crippen MR) is 176 cm³/mol. The molecule has 0 atom stereocenters. The largest absolute Gasteiger partial charge is 0.744 e. The van der Waals surface area contributed by atoms with Crippen LogP contribution in [0.15, 0.2) is 90.1 Å². The maximum Gasteiger partial charge on any atom is 0.196 e. The summed E-state index contributed by atoms with van der Waals surface area (Å²) in [5.41, 5.74) is 4.09. The third-order valence-corrected chi connectivity index (χ3v) is 10.8. The second kappa shape index (κ2) is 11.9. The van der Waals surface area contributed by atoms with Gasteiger partial charge in [0.05, 0.1) is 54.1 Å². The van der Waals surface area contributed by atoms with Gasteiger partial charge in [-0.05, 0) is 25.0 Å². The highest BCUT2D eigenvalue weighted by molar-refractivity contribution is 7.86. The topological polar surface area (TPSA) is 245 Å². The predicted octanol–water partition coefficient (Wildman–Crippen LogP) is 1.49. The fraction of sp³-hybridized carbons (Fsp3) is 0.176. The summed E-state index contributed by atoms with van der Waals surface area (Å²) in [5, 5.41) is 2.07. The zero-order chi connectivity index (χ0) is 35.7. The summed E-state index contributed by atoms with van der Waals surface area (Å²) in [4.78, 5) is 57.9. The number of nitrogens with two attached hydrogens (primary N) is 1. The van der Waals surface area contributed by atoms with Gasteiger partial charge in [0.2, 0.25) is 0 Å². The number of rotatable bonds is 5. The van der Waals surface area contributed by atoms with Crippen LogP contribution in [0.4, 0.5) is 11.4 Å². The molecule has 1 saturated carbocycles. The molecule has 0 heterocycles. The number of carbonyl (C=O) groups excluding carboxylic acids is 2. The third-order valence-electron chi connectivity index (χ3n) is 9.04. The first kappa shape index (κ1) is 33.1. The van der Waals surface area contributed by atoms with Crippen molar-refractivity contribution < 1.29 is 35.5 Å². The van der Waals surface area contributed by atoms with Crippen molar-refractivity contribution in [3.63, 3.8) is 0 Å². The van der Waals surface area contributed by atoms with E-state index in [1.807, 2.05) is 0 Å². The van der Waals surface area contributed by atoms with Crippen molar-refractivity contribution in [1.29, 1.82) is 0 Å². The van der Waals surface area contributed by atoms with Crippen molar-refractivity contribution >= 4 is 53.9 Å². The Morgan fingerprint density at radius 3 is 1.82 bits per heavy atom. The molecule has 0 saturated heterocycles. The lowest BCUT2D eigenvalue weighted by Crippen LogP contribution is -2.34. The summed E-state index contributed by atoms with van der Waals surface area (Å²) in [6, 6.07) is 12.6. The van der Waals surface area contributed by atoms with Gasteiger partial charge < -0.3 is 14.8 Å². The first-order valence-corrected chi connectivity index (χ1v) is 18.1. The fourth-order valence-corrected chi connectivity index (χ4v) is 8.02. The fourth-order valence-electron chi connectivity index (χ4n) is 6.75. The number of fused-ring (bicyclic) bond motifs is 3. The third kappa shape index (κ3) is 5.32. The lowest BCUT2D eigenvalue weighted by atomic mass is 9.82. The number of nitrogens with zero attached hydrogens (tertiary/aromatic N) is 2. The van der Waals surface area contributed by atoms with Crippen LogP contribution in [0.3, 0.4) is 0 Å². The Morgan fingerprint density at radius 1 is 0.700 bits per heavy atom. The molecular weight excluding hydrogens is 689 g/mol. The molecule has 1 fully saturated rings. The van der Waals surface area contributed by atoms with Crippen molar-refractivity contribution in [2.45, 2.75) is 47.9 Å². The smallest absolute Gasteiger partial charge is 0.196 e. The maximum absolute atomic E-state index is 14.1. The molecule has 0 amide bonds. The minimum absolute atomic E-state index is 0.0161. The molecule has 14 nitrogen and oxygen atoms in total. The first-order chi connectivity index (χ1) is 23.7. The van der Waals surface area contributed by atoms with E-state index in [4.69, 9.17) is 5.73 Å². The van der Waals surface area contributed by atoms with Crippen molar-refractivity contribution in [1.82, 2.24) is 0 Å². The van der Waals surface area contributed by atoms with E-state index in [2.05, 4.69) is 15.5 Å². The van der Waals surface area contributed by atoms with Gasteiger partial charge in [0, 0.05) is 21.9 Å². The number of hydrogen-bond donors (Lipinski definition) is 2. The summed E-state index contributed by atoms with van der Waals surface area (Å²) in [7, 11) is -10.8. The first-order valence-electron chi connectivity index (χ1n) is 15.3. The van der Waals surface area contributed by atoms with Gasteiger partial charge in [-0.25, -0.2) is 16.8 Å². The number of ketones is 2. The van der Waals surface area contributed by atoms with Crippen LogP contribution in [0.2, 0.25) is 0 Å². The average Bonchev–Trinajstić information content (AvgIpc) is 3.08. The lowest BCUT2D eigenvalue weighted by Gasteiger charge is -2.24. The molecule has 0 bridgehead atoms. The molecule has 4 aliphatic carbocycles. The van der Waals surface area contributed by atoms with Gasteiger partial charge in [0.15, 0.2) is 22.4 Å². The van der Waals surface area contributed by atoms with Gasteiger partial charge in [0.1, 0.15) is 25.6 Å². The molecule has 7 rings (SSSR count). The SMILES string of the molecule is Nc1c(S(=O)(=O)[O-])cc(NN=c2c(S(=O)(=O)[O-])cc(=NC3CCCCC3)c3c(=O)c4ccccc4c(=O)c2=3)c2c1C(=O)c1ccccc1C2=O. The molecule has 3 aromatic carbocycles. The molecule has 0 spiro atoms. The molecule has 0 aliphatic heterocycles. The van der Waals surface area contributed by atoms with E-state index in [0.29, 0.717) is 18.9 Å². The molecule has 0 radical (unpaired) electrons. The second-order valence-corrected chi connectivity index (χ2v) is 14.7. The molecule has 3 aromatic rings. The summed E-state index contributed by atoms with van der Waals surface area (Å²) < 4.78 is 75.2. The highest BCUT2D eigenvalue weighted by Gasteiger charge is 2.35. The monoisotopic (exact) mass is 712 g/mol. The lowest BCUT2D eigenvalue weighted by molar-refractivity contribution is 0.0980. The molecule has 0 aromatic heterocycles. The van der Waals surface area contributed by atoms with E-state index in [0.717, 1.165) is 25.3 Å². The molecule has 50 heavy (non-hydrogen) atoms. The van der Waals surface area contributed by atoms with Crippen molar-refractivity contribution in [2.75, 3.05) is 11.2 Å². The molecule has 16 heteroatoms. The normalized spacial score (nSPS) is 16.2. The van der Waals surface area contributed by atoms with Crippen LogP contribution in [0.5, 0.6) is 0 Å². The Hall–Kier alpha value is -5.42. The maximum atomic E-state index is 14.1. The van der Waals surface area contributed by atoms with E-state index in [1.165, 1.54) is 42.5 Å². The summed E-state index contributed by atoms with van der Waals surface area (Å²) >= 11 is 0. The highest BCUT2D eigenvalue weighted by Crippen LogP contribution is 2.39. The van der Waals surface area contributed by atoms with Crippen LogP contribution in [0.1, 0.15) is 63.9 Å². The molecule has 4 aliphatic rings. The standard InChI is InChI=1S/C34H26N4O10S2/c35-29-23(49(43,44)45)15-22(26-27(29)33(41)19-12-6-4-10-17(19)32(26)40)37-38-30-24(50(46,47)48)14-21(36-16-8-2-1-3-9-16)25-28(30)34(42)20-13-7-5-11-18(20)31(25)39/h4-7,10-16,37H,1-3,8-9,35H2,(H,43,44,45)(H,46,47,48)/p-2. The van der Waals surface area contributed by atoms with Gasteiger partial charge in [-0.2, -0.15) is 5.10 Å². The van der Waals surface area contributed by atoms with Gasteiger partial charge >= 0.3 is 0 Å². The van der Waals surface area contributed by atoms with Crippen LogP contribution in [-0.4, -0.2) is 43.5 Å². The number of nitrogens with one attached hydrogen (secondary N) is 1. The summed E-state index contributed by atoms with van der Waals surface area (Å²) in [6.45, 7) is 0. The van der Waals surface area contributed by atoms with Gasteiger partial charge in [-0.3, -0.25) is 29.6 Å². The number of benzene rings is 3. The molecular formula is C34H24N4O10S2-2. The molecule has 3 N–H and O–H groups in total. The Morgan fingerprint density at radius 2 is 1.24 bits per heavy atom. The van der Waals surface area contributed by atoms with Gasteiger partial charge in [-0.1, -0.05) is 67.8 Å². The number of carbonyl (C=O) groups is 2. The average molecular weight is 713 g/mol. The van der Waals surface area contributed by atoms with E-state index in [-0.39, 0.29) is 38.5 Å². The van der Waals surface area contributed by atoms with Crippen LogP contribution < -0.4 is 32.7 Å². The van der Waals surface area contributed by atoms with E-state index >= 15 is 0 Å². The Labute approximate surface area is 282 Å². The van der Waals surface area contributed by atoms with Crippen molar-refractivity contribution in [2.24, 2.45) is 10.1 Å². The zero-order valence-corrected chi connectivity index (χ0v) is 27.4. The molecule has 254 valence electrons. The van der Waals surface area contributed by atoms with Crippen molar-refractivity contribution in [3.05, 3.63) is 125 Å². The summed E-state index contributed by atoms with van der Waals surface area (Å²) in [5.74, 6) is -1.71. The minimum Gasteiger partial charge on any atom is -0.744 e. The quantitative estimate of drug-likeness (QED) is 0.147. The second-order valence-electron chi connectivity index (χ2n) is 12.0. The van der Waals surface area contributed by atoms with Gasteiger partial charge in [0.25, 0.3) is 0 Å². The Balaban J connectivity index is 1.62. The number of nitrogen functional groups attached to an aromatic ring is 1. The number of anilines is 2. The highest BCUT2D eigenvalue weighted by atomic mass is 32.2. The van der Waals surface area contributed by atoms with E-state index in [1.54, 1.807) is 6.07 Å². The van der Waals surface area contributed by atoms with Crippen LogP contribution in [0.25, 0.3) is 10.8 Å². The number of hydrogen-bond acceptors (Lipinski definition) is 14. The Bertz CT molecular complexity index is 2870. The van der Waals surface area contributed by atoms with E-state index < -0.39 is 85.5 Å². The van der Waals surface area contributed by atoms with E-state index in [9.17, 15) is 45.1 Å². The van der Waals surface area contributed by atoms with Crippen molar-refractivity contribution in [3.8, 4) is 0 Å². The molecule has 0 unspecified atom stereocenters. The van der Waals surface area contributed by atoms with Crippen LogP contribution >= 0.6 is 0 Å².